The Kier molecular flexibility index (Phi) is 6.36. The van der Waals surface area contributed by atoms with Gasteiger partial charge in [0.25, 0.3) is 0 Å². The van der Waals surface area contributed by atoms with Crippen molar-refractivity contribution >= 4 is 11.8 Å². The van der Waals surface area contributed by atoms with Crippen LogP contribution in [0.4, 0.5) is 8.78 Å². The highest BCUT2D eigenvalue weighted by molar-refractivity contribution is 5.88. The lowest BCUT2D eigenvalue weighted by molar-refractivity contribution is -0.143. The minimum atomic E-state index is -1.10. The molecule has 0 radical (unpaired) electrons. The number of Topliss-reactive ketones (excluding diaryl/α,β-unsaturated/α-hetero) is 1. The van der Waals surface area contributed by atoms with Crippen LogP contribution in [0.25, 0.3) is 0 Å². The van der Waals surface area contributed by atoms with E-state index in [1.807, 2.05) is 0 Å². The molecule has 2 unspecified atom stereocenters. The molecule has 0 aliphatic heterocycles. The number of carboxylic acids is 1. The van der Waals surface area contributed by atoms with E-state index in [9.17, 15) is 23.5 Å². The van der Waals surface area contributed by atoms with E-state index >= 15 is 0 Å². The summed E-state index contributed by atoms with van der Waals surface area (Å²) in [6.07, 6.45) is 0.113. The Balaban J connectivity index is 1.97. The summed E-state index contributed by atoms with van der Waals surface area (Å²) >= 11 is 0. The molecule has 0 aromatic heterocycles. The second kappa shape index (κ2) is 8.48. The van der Waals surface area contributed by atoms with Crippen molar-refractivity contribution in [3.8, 4) is 0 Å². The number of nitrogens with two attached hydrogens (primary N) is 1. The molecule has 132 valence electrons. The molecule has 2 aromatic carbocycles. The molecule has 6 heteroatoms. The van der Waals surface area contributed by atoms with E-state index in [0.717, 1.165) is 0 Å². The lowest BCUT2D eigenvalue weighted by Gasteiger charge is -2.15. The number of carbonyl (C=O) groups is 2. The Labute approximate surface area is 144 Å². The van der Waals surface area contributed by atoms with Crippen LogP contribution in [0.2, 0.25) is 0 Å². The predicted molar refractivity (Wildman–Crippen MR) is 88.9 cm³/mol. The summed E-state index contributed by atoms with van der Waals surface area (Å²) < 4.78 is 25.8. The molecule has 25 heavy (non-hydrogen) atoms. The van der Waals surface area contributed by atoms with Crippen molar-refractivity contribution < 1.29 is 23.5 Å². The van der Waals surface area contributed by atoms with Gasteiger partial charge in [-0.15, -0.1) is 0 Å². The molecule has 0 bridgehead atoms. The van der Waals surface area contributed by atoms with Gasteiger partial charge in [0.05, 0.1) is 12.0 Å². The molecule has 2 rings (SSSR count). The maximum absolute atomic E-state index is 12.9. The number of halogens is 2. The molecule has 0 heterocycles. The standard InChI is InChI=1S/C19H19F2NO3/c20-15-5-1-12(2-6-15)9-14(19(24)25)11-18(23)17(22)10-13-3-7-16(21)8-4-13/h1-8,14,17H,9-11,22H2,(H,24,25). The Morgan fingerprint density at radius 1 is 0.880 bits per heavy atom. The Morgan fingerprint density at radius 2 is 1.32 bits per heavy atom. The maximum Gasteiger partial charge on any atom is 0.307 e. The van der Waals surface area contributed by atoms with Crippen molar-refractivity contribution in [1.29, 1.82) is 0 Å². The normalized spacial score (nSPS) is 13.2. The topological polar surface area (TPSA) is 80.4 Å². The number of carbonyl (C=O) groups excluding carboxylic acids is 1. The summed E-state index contributed by atoms with van der Waals surface area (Å²) in [5, 5.41) is 9.33. The molecule has 3 N–H and O–H groups in total. The zero-order valence-corrected chi connectivity index (χ0v) is 13.5. The summed E-state index contributed by atoms with van der Waals surface area (Å²) in [5.74, 6) is -3.20. The smallest absolute Gasteiger partial charge is 0.307 e. The van der Waals surface area contributed by atoms with E-state index in [1.54, 1.807) is 0 Å². The second-order valence-corrected chi connectivity index (χ2v) is 5.97. The monoisotopic (exact) mass is 347 g/mol. The molecular formula is C19H19F2NO3. The number of rotatable bonds is 8. The lowest BCUT2D eigenvalue weighted by Crippen LogP contribution is -2.35. The van der Waals surface area contributed by atoms with E-state index in [-0.39, 0.29) is 30.9 Å². The first-order valence-electron chi connectivity index (χ1n) is 7.85. The largest absolute Gasteiger partial charge is 0.481 e. The zero-order chi connectivity index (χ0) is 18.4. The van der Waals surface area contributed by atoms with E-state index < -0.39 is 23.7 Å². The Hall–Kier alpha value is -2.60. The minimum absolute atomic E-state index is 0.116. The summed E-state index contributed by atoms with van der Waals surface area (Å²) in [6.45, 7) is 0. The fourth-order valence-corrected chi connectivity index (χ4v) is 2.53. The molecule has 2 atom stereocenters. The molecule has 0 saturated heterocycles. The highest BCUT2D eigenvalue weighted by Gasteiger charge is 2.25. The van der Waals surface area contributed by atoms with Gasteiger partial charge in [0.2, 0.25) is 0 Å². The number of aliphatic carboxylic acids is 1. The van der Waals surface area contributed by atoms with Crippen LogP contribution in [0.1, 0.15) is 17.5 Å². The summed E-state index contributed by atoms with van der Waals surface area (Å²) in [7, 11) is 0. The molecule has 0 amide bonds. The summed E-state index contributed by atoms with van der Waals surface area (Å²) in [5.41, 5.74) is 7.20. The first kappa shape index (κ1) is 18.7. The Bertz CT molecular complexity index is 729. The summed E-state index contributed by atoms with van der Waals surface area (Å²) in [6, 6.07) is 10.3. The van der Waals surface area contributed by atoms with Crippen LogP contribution >= 0.6 is 0 Å². The lowest BCUT2D eigenvalue weighted by atomic mass is 9.91. The third kappa shape index (κ3) is 5.76. The quantitative estimate of drug-likeness (QED) is 0.769. The first-order valence-corrected chi connectivity index (χ1v) is 7.85. The maximum atomic E-state index is 12.9. The number of benzene rings is 2. The van der Waals surface area contributed by atoms with Gasteiger partial charge in [0.15, 0.2) is 5.78 Å². The van der Waals surface area contributed by atoms with Crippen molar-refractivity contribution in [3.05, 3.63) is 71.3 Å². The van der Waals surface area contributed by atoms with Gasteiger partial charge in [-0.3, -0.25) is 9.59 Å². The van der Waals surface area contributed by atoms with Crippen LogP contribution in [0, 0.1) is 17.6 Å². The van der Waals surface area contributed by atoms with Gasteiger partial charge in [-0.2, -0.15) is 0 Å². The van der Waals surface area contributed by atoms with Crippen LogP contribution in [0.15, 0.2) is 48.5 Å². The molecule has 2 aromatic rings. The van der Waals surface area contributed by atoms with Gasteiger partial charge >= 0.3 is 5.97 Å². The van der Waals surface area contributed by atoms with Crippen LogP contribution in [-0.4, -0.2) is 22.9 Å². The number of carboxylic acid groups (broad SMARTS) is 1. The van der Waals surface area contributed by atoms with Crippen molar-refractivity contribution in [1.82, 2.24) is 0 Å². The van der Waals surface area contributed by atoms with Crippen LogP contribution < -0.4 is 5.73 Å². The van der Waals surface area contributed by atoms with Gasteiger partial charge in [0.1, 0.15) is 11.6 Å². The SMILES string of the molecule is NC(Cc1ccc(F)cc1)C(=O)CC(Cc1ccc(F)cc1)C(=O)O. The van der Waals surface area contributed by atoms with Crippen LogP contribution in [-0.2, 0) is 22.4 Å². The molecule has 0 spiro atoms. The molecular weight excluding hydrogens is 328 g/mol. The molecule has 0 aliphatic carbocycles. The second-order valence-electron chi connectivity index (χ2n) is 5.97. The van der Waals surface area contributed by atoms with Gasteiger partial charge in [-0.05, 0) is 48.2 Å². The molecule has 4 nitrogen and oxygen atoms in total. The van der Waals surface area contributed by atoms with Gasteiger partial charge in [-0.1, -0.05) is 24.3 Å². The highest BCUT2D eigenvalue weighted by Crippen LogP contribution is 2.16. The van der Waals surface area contributed by atoms with Crippen molar-refractivity contribution in [3.63, 3.8) is 0 Å². The molecule has 0 fully saturated rings. The van der Waals surface area contributed by atoms with Gasteiger partial charge in [-0.25, -0.2) is 8.78 Å². The zero-order valence-electron chi connectivity index (χ0n) is 13.5. The third-order valence-electron chi connectivity index (χ3n) is 3.97. The fraction of sp³-hybridized carbons (Fsp3) is 0.263. The first-order chi connectivity index (χ1) is 11.8. The summed E-state index contributed by atoms with van der Waals surface area (Å²) in [4.78, 5) is 23.7. The predicted octanol–water partition coefficient (Wildman–Crippen LogP) is 2.74. The van der Waals surface area contributed by atoms with E-state index in [2.05, 4.69) is 0 Å². The molecule has 0 saturated carbocycles. The van der Waals surface area contributed by atoms with E-state index in [0.29, 0.717) is 11.1 Å². The van der Waals surface area contributed by atoms with E-state index in [4.69, 9.17) is 5.73 Å². The third-order valence-corrected chi connectivity index (χ3v) is 3.97. The van der Waals surface area contributed by atoms with Gasteiger partial charge in [0, 0.05) is 6.42 Å². The van der Waals surface area contributed by atoms with E-state index in [1.165, 1.54) is 48.5 Å². The number of hydrogen-bond donors (Lipinski definition) is 2. The Morgan fingerprint density at radius 3 is 1.76 bits per heavy atom. The van der Waals surface area contributed by atoms with Crippen molar-refractivity contribution in [2.75, 3.05) is 0 Å². The van der Waals surface area contributed by atoms with Crippen molar-refractivity contribution in [2.45, 2.75) is 25.3 Å². The van der Waals surface area contributed by atoms with Crippen LogP contribution in [0.3, 0.4) is 0 Å². The fourth-order valence-electron chi connectivity index (χ4n) is 2.53. The number of ketones is 1. The van der Waals surface area contributed by atoms with Crippen LogP contribution in [0.5, 0.6) is 0 Å². The van der Waals surface area contributed by atoms with Gasteiger partial charge < -0.3 is 10.8 Å². The average molecular weight is 347 g/mol. The number of hydrogen-bond acceptors (Lipinski definition) is 3. The van der Waals surface area contributed by atoms with Crippen molar-refractivity contribution in [2.24, 2.45) is 11.7 Å². The highest BCUT2D eigenvalue weighted by atomic mass is 19.1. The average Bonchev–Trinajstić information content (AvgIpc) is 2.58. The minimum Gasteiger partial charge on any atom is -0.481 e. The molecule has 0 aliphatic rings.